The molecule has 1 aromatic carbocycles. The van der Waals surface area contributed by atoms with Crippen LogP contribution in [0.3, 0.4) is 0 Å². The molecule has 2 heterocycles. The topological polar surface area (TPSA) is 46.8 Å². The number of hydrogen-bond donors (Lipinski definition) is 0. The van der Waals surface area contributed by atoms with Gasteiger partial charge in [-0.3, -0.25) is 0 Å². The molecule has 0 fully saturated rings. The summed E-state index contributed by atoms with van der Waals surface area (Å²) in [5.74, 6) is 1.90. The quantitative estimate of drug-likeness (QED) is 0.740. The normalized spacial score (nSPS) is 10.9. The molecule has 5 nitrogen and oxygen atoms in total. The number of benzene rings is 1. The SMILES string of the molecule is CN(Cc1nccn1C)c1ncnc2ccc(Br)cc12. The van der Waals surface area contributed by atoms with Crippen molar-refractivity contribution in [1.29, 1.82) is 0 Å². The number of imidazole rings is 1. The van der Waals surface area contributed by atoms with Crippen LogP contribution < -0.4 is 4.90 Å². The Labute approximate surface area is 125 Å². The first kappa shape index (κ1) is 13.1. The van der Waals surface area contributed by atoms with Crippen molar-refractivity contribution in [3.8, 4) is 0 Å². The summed E-state index contributed by atoms with van der Waals surface area (Å²) in [5.41, 5.74) is 0.935. The molecule has 0 radical (unpaired) electrons. The van der Waals surface area contributed by atoms with Gasteiger partial charge in [-0.15, -0.1) is 0 Å². The van der Waals surface area contributed by atoms with Crippen molar-refractivity contribution < 1.29 is 0 Å². The Hall–Kier alpha value is -1.95. The van der Waals surface area contributed by atoms with E-state index in [0.717, 1.165) is 27.0 Å². The summed E-state index contributed by atoms with van der Waals surface area (Å²) < 4.78 is 3.03. The molecule has 0 aliphatic carbocycles. The van der Waals surface area contributed by atoms with Crippen molar-refractivity contribution in [1.82, 2.24) is 19.5 Å². The van der Waals surface area contributed by atoms with Crippen LogP contribution in [-0.2, 0) is 13.6 Å². The Bertz CT molecular complexity index is 752. The average molecular weight is 332 g/mol. The number of anilines is 1. The van der Waals surface area contributed by atoms with Gasteiger partial charge in [0.1, 0.15) is 18.0 Å². The number of fused-ring (bicyclic) bond motifs is 1. The average Bonchev–Trinajstić information content (AvgIpc) is 2.83. The molecule has 102 valence electrons. The Morgan fingerprint density at radius 3 is 2.85 bits per heavy atom. The molecule has 0 spiro atoms. The van der Waals surface area contributed by atoms with E-state index >= 15 is 0 Å². The lowest BCUT2D eigenvalue weighted by Crippen LogP contribution is -2.20. The van der Waals surface area contributed by atoms with Crippen LogP contribution in [0.4, 0.5) is 5.82 Å². The summed E-state index contributed by atoms with van der Waals surface area (Å²) in [7, 11) is 4.00. The summed E-state index contributed by atoms with van der Waals surface area (Å²) >= 11 is 3.50. The molecule has 0 aliphatic rings. The van der Waals surface area contributed by atoms with Crippen molar-refractivity contribution in [3.63, 3.8) is 0 Å². The molecule has 6 heteroatoms. The summed E-state index contributed by atoms with van der Waals surface area (Å²) in [6.45, 7) is 0.697. The lowest BCUT2D eigenvalue weighted by Gasteiger charge is -2.19. The van der Waals surface area contributed by atoms with Crippen LogP contribution in [-0.4, -0.2) is 26.6 Å². The van der Waals surface area contributed by atoms with E-state index in [1.54, 1.807) is 12.5 Å². The summed E-state index contributed by atoms with van der Waals surface area (Å²) in [6, 6.07) is 6.01. The summed E-state index contributed by atoms with van der Waals surface area (Å²) in [5, 5.41) is 1.03. The van der Waals surface area contributed by atoms with Gasteiger partial charge >= 0.3 is 0 Å². The molecule has 0 saturated heterocycles. The first-order valence-electron chi connectivity index (χ1n) is 6.23. The first-order valence-corrected chi connectivity index (χ1v) is 7.02. The minimum Gasteiger partial charge on any atom is -0.352 e. The van der Waals surface area contributed by atoms with Crippen LogP contribution >= 0.6 is 15.9 Å². The van der Waals surface area contributed by atoms with Crippen molar-refractivity contribution >= 4 is 32.7 Å². The van der Waals surface area contributed by atoms with Gasteiger partial charge in [-0.05, 0) is 18.2 Å². The lowest BCUT2D eigenvalue weighted by atomic mass is 10.2. The highest BCUT2D eigenvalue weighted by atomic mass is 79.9. The molecule has 0 saturated carbocycles. The molecule has 3 aromatic rings. The fraction of sp³-hybridized carbons (Fsp3) is 0.214. The second kappa shape index (κ2) is 5.20. The maximum Gasteiger partial charge on any atom is 0.140 e. The van der Waals surface area contributed by atoms with Gasteiger partial charge in [-0.25, -0.2) is 15.0 Å². The molecule has 20 heavy (non-hydrogen) atoms. The number of aromatic nitrogens is 4. The zero-order valence-electron chi connectivity index (χ0n) is 11.3. The molecule has 0 atom stereocenters. The van der Waals surface area contributed by atoms with Gasteiger partial charge < -0.3 is 9.47 Å². The predicted molar refractivity (Wildman–Crippen MR) is 82.6 cm³/mol. The van der Waals surface area contributed by atoms with Gasteiger partial charge in [0.25, 0.3) is 0 Å². The van der Waals surface area contributed by atoms with Crippen molar-refractivity contribution in [2.75, 3.05) is 11.9 Å². The smallest absolute Gasteiger partial charge is 0.140 e. The Balaban J connectivity index is 2.01. The van der Waals surface area contributed by atoms with E-state index in [1.165, 1.54) is 0 Å². The second-order valence-corrected chi connectivity index (χ2v) is 5.58. The third-order valence-electron chi connectivity index (χ3n) is 3.24. The van der Waals surface area contributed by atoms with E-state index in [-0.39, 0.29) is 0 Å². The zero-order chi connectivity index (χ0) is 14.1. The van der Waals surface area contributed by atoms with E-state index in [2.05, 4.69) is 35.8 Å². The van der Waals surface area contributed by atoms with Crippen LogP contribution in [0, 0.1) is 0 Å². The number of nitrogens with zero attached hydrogens (tertiary/aromatic N) is 5. The van der Waals surface area contributed by atoms with E-state index in [4.69, 9.17) is 0 Å². The molecule has 3 rings (SSSR count). The van der Waals surface area contributed by atoms with E-state index in [1.807, 2.05) is 43.1 Å². The Morgan fingerprint density at radius 1 is 1.25 bits per heavy atom. The molecular formula is C14H14BrN5. The van der Waals surface area contributed by atoms with Crippen molar-refractivity contribution in [3.05, 3.63) is 47.2 Å². The van der Waals surface area contributed by atoms with Crippen LogP contribution in [0.15, 0.2) is 41.4 Å². The summed E-state index contributed by atoms with van der Waals surface area (Å²) in [6.07, 6.45) is 5.34. The molecule has 2 aromatic heterocycles. The maximum absolute atomic E-state index is 4.42. The molecule has 0 amide bonds. The number of halogens is 1. The van der Waals surface area contributed by atoms with Gasteiger partial charge in [0.2, 0.25) is 0 Å². The monoisotopic (exact) mass is 331 g/mol. The van der Waals surface area contributed by atoms with Crippen LogP contribution in [0.25, 0.3) is 10.9 Å². The molecule has 0 aliphatic heterocycles. The highest BCUT2D eigenvalue weighted by molar-refractivity contribution is 9.10. The fourth-order valence-electron chi connectivity index (χ4n) is 2.16. The number of aryl methyl sites for hydroxylation is 1. The zero-order valence-corrected chi connectivity index (χ0v) is 12.9. The second-order valence-electron chi connectivity index (χ2n) is 4.67. The van der Waals surface area contributed by atoms with E-state index in [9.17, 15) is 0 Å². The molecule has 0 bridgehead atoms. The third-order valence-corrected chi connectivity index (χ3v) is 3.73. The molecule has 0 unspecified atom stereocenters. The lowest BCUT2D eigenvalue weighted by molar-refractivity contribution is 0.756. The minimum absolute atomic E-state index is 0.697. The highest BCUT2D eigenvalue weighted by Gasteiger charge is 2.11. The fourth-order valence-corrected chi connectivity index (χ4v) is 2.52. The Morgan fingerprint density at radius 2 is 2.10 bits per heavy atom. The van der Waals surface area contributed by atoms with Crippen molar-refractivity contribution in [2.45, 2.75) is 6.54 Å². The number of rotatable bonds is 3. The third kappa shape index (κ3) is 2.38. The minimum atomic E-state index is 0.697. The maximum atomic E-state index is 4.42. The van der Waals surface area contributed by atoms with E-state index < -0.39 is 0 Å². The van der Waals surface area contributed by atoms with Gasteiger partial charge in [-0.2, -0.15) is 0 Å². The van der Waals surface area contributed by atoms with Gasteiger partial charge in [0, 0.05) is 36.3 Å². The largest absolute Gasteiger partial charge is 0.352 e. The standard InChI is InChI=1S/C14H14BrN5/c1-19-6-5-16-13(19)8-20(2)14-11-7-10(15)3-4-12(11)17-9-18-14/h3-7,9H,8H2,1-2H3. The van der Waals surface area contributed by atoms with Crippen LogP contribution in [0.5, 0.6) is 0 Å². The van der Waals surface area contributed by atoms with Crippen molar-refractivity contribution in [2.24, 2.45) is 7.05 Å². The number of hydrogen-bond acceptors (Lipinski definition) is 4. The van der Waals surface area contributed by atoms with Gasteiger partial charge in [-0.1, -0.05) is 15.9 Å². The van der Waals surface area contributed by atoms with Gasteiger partial charge in [0.15, 0.2) is 0 Å². The Kier molecular flexibility index (Phi) is 3.40. The van der Waals surface area contributed by atoms with Crippen LogP contribution in [0.2, 0.25) is 0 Å². The first-order chi connectivity index (χ1) is 9.65. The van der Waals surface area contributed by atoms with Gasteiger partial charge in [0.05, 0.1) is 12.1 Å². The molecule has 0 N–H and O–H groups in total. The molecular weight excluding hydrogens is 318 g/mol. The van der Waals surface area contributed by atoms with E-state index in [0.29, 0.717) is 6.54 Å². The predicted octanol–water partition coefficient (Wildman–Crippen LogP) is 2.76. The highest BCUT2D eigenvalue weighted by Crippen LogP contribution is 2.26. The summed E-state index contributed by atoms with van der Waals surface area (Å²) in [4.78, 5) is 15.1. The van der Waals surface area contributed by atoms with Crippen LogP contribution in [0.1, 0.15) is 5.82 Å².